The van der Waals surface area contributed by atoms with Gasteiger partial charge in [0.1, 0.15) is 6.33 Å². The van der Waals surface area contributed by atoms with Crippen LogP contribution in [0.3, 0.4) is 0 Å². The van der Waals surface area contributed by atoms with Crippen molar-refractivity contribution in [1.82, 2.24) is 20.5 Å². The van der Waals surface area contributed by atoms with E-state index < -0.39 is 0 Å². The zero-order valence-electron chi connectivity index (χ0n) is 13.7. The Morgan fingerprint density at radius 2 is 1.92 bits per heavy atom. The highest BCUT2D eigenvalue weighted by atomic mass is 35.5. The second-order valence-electron chi connectivity index (χ2n) is 5.92. The molecule has 4 N–H and O–H groups in total. The Labute approximate surface area is 163 Å². The van der Waals surface area contributed by atoms with Crippen molar-refractivity contribution < 1.29 is 4.79 Å². The number of carbonyl (C=O) groups is 1. The summed E-state index contributed by atoms with van der Waals surface area (Å²) in [5, 5.41) is 10.6. The van der Waals surface area contributed by atoms with Crippen LogP contribution in [0.25, 0.3) is 0 Å². The second kappa shape index (κ2) is 10.0. The highest BCUT2D eigenvalue weighted by molar-refractivity contribution is 7.98. The van der Waals surface area contributed by atoms with Gasteiger partial charge in [-0.05, 0) is 30.5 Å². The van der Waals surface area contributed by atoms with Gasteiger partial charge in [0.15, 0.2) is 5.16 Å². The average Bonchev–Trinajstić information content (AvgIpc) is 3.25. The third-order valence-electron chi connectivity index (χ3n) is 4.31. The molecule has 9 heteroatoms. The molecule has 3 rings (SSSR count). The minimum absolute atomic E-state index is 0. The normalized spacial score (nSPS) is 15.1. The zero-order chi connectivity index (χ0) is 16.1. The monoisotopic (exact) mass is 403 g/mol. The molecule has 2 aromatic rings. The molecule has 1 heterocycles. The molecule has 1 aliphatic rings. The van der Waals surface area contributed by atoms with E-state index in [1.54, 1.807) is 11.8 Å². The van der Waals surface area contributed by atoms with Gasteiger partial charge < -0.3 is 11.1 Å². The van der Waals surface area contributed by atoms with E-state index in [1.165, 1.54) is 6.33 Å². The molecule has 6 nitrogen and oxygen atoms in total. The first-order valence-corrected chi connectivity index (χ1v) is 8.79. The van der Waals surface area contributed by atoms with Crippen LogP contribution in [0.15, 0.2) is 35.7 Å². The predicted molar refractivity (Wildman–Crippen MR) is 105 cm³/mol. The Bertz CT molecular complexity index is 645. The van der Waals surface area contributed by atoms with Gasteiger partial charge in [0.2, 0.25) is 0 Å². The van der Waals surface area contributed by atoms with Gasteiger partial charge in [-0.2, -0.15) is 5.10 Å². The number of aromatic nitrogens is 3. The van der Waals surface area contributed by atoms with Crippen molar-refractivity contribution in [2.75, 3.05) is 6.54 Å². The van der Waals surface area contributed by atoms with Crippen LogP contribution >= 0.6 is 36.6 Å². The third-order valence-corrected chi connectivity index (χ3v) is 5.26. The second-order valence-corrected chi connectivity index (χ2v) is 6.89. The summed E-state index contributed by atoms with van der Waals surface area (Å²) in [6, 6.07) is 7.68. The molecule has 1 saturated carbocycles. The topological polar surface area (TPSA) is 96.7 Å². The predicted octanol–water partition coefficient (Wildman–Crippen LogP) is 2.94. The molecular formula is C16H23Cl2N5OS. The summed E-state index contributed by atoms with van der Waals surface area (Å²) in [5.41, 5.74) is 7.48. The summed E-state index contributed by atoms with van der Waals surface area (Å²) < 4.78 is 0. The maximum atomic E-state index is 12.4. The molecule has 0 saturated heterocycles. The maximum absolute atomic E-state index is 12.4. The first kappa shape index (κ1) is 21.8. The molecule has 1 aliphatic carbocycles. The van der Waals surface area contributed by atoms with Crippen LogP contribution in [0.1, 0.15) is 41.6 Å². The summed E-state index contributed by atoms with van der Waals surface area (Å²) >= 11 is 1.58. The highest BCUT2D eigenvalue weighted by Gasteiger charge is 2.33. The van der Waals surface area contributed by atoms with Crippen molar-refractivity contribution in [3.63, 3.8) is 0 Å². The Balaban J connectivity index is 0.00000156. The number of H-pyrrole nitrogens is 1. The number of benzene rings is 1. The van der Waals surface area contributed by atoms with Gasteiger partial charge in [0.25, 0.3) is 5.91 Å². The van der Waals surface area contributed by atoms with E-state index in [4.69, 9.17) is 5.73 Å². The van der Waals surface area contributed by atoms with Gasteiger partial charge in [0.05, 0.1) is 5.54 Å². The molecule has 25 heavy (non-hydrogen) atoms. The van der Waals surface area contributed by atoms with Crippen LogP contribution < -0.4 is 11.1 Å². The minimum atomic E-state index is -0.210. The van der Waals surface area contributed by atoms with Crippen LogP contribution in [-0.2, 0) is 5.75 Å². The summed E-state index contributed by atoms with van der Waals surface area (Å²) in [6.07, 6.45) is 5.71. The quantitative estimate of drug-likeness (QED) is 0.644. The number of hydrogen-bond acceptors (Lipinski definition) is 5. The van der Waals surface area contributed by atoms with Gasteiger partial charge in [-0.1, -0.05) is 36.7 Å². The number of nitrogens with zero attached hydrogens (tertiary/aromatic N) is 2. The highest BCUT2D eigenvalue weighted by Crippen LogP contribution is 2.29. The first-order chi connectivity index (χ1) is 11.2. The molecule has 0 bridgehead atoms. The number of halogens is 2. The number of carbonyl (C=O) groups excluding carboxylic acids is 1. The van der Waals surface area contributed by atoms with Crippen molar-refractivity contribution in [1.29, 1.82) is 0 Å². The molecule has 1 fully saturated rings. The fraction of sp³-hybridized carbons (Fsp3) is 0.438. The number of thioether (sulfide) groups is 1. The number of nitrogens with two attached hydrogens (primary N) is 1. The lowest BCUT2D eigenvalue weighted by atomic mass is 9.97. The van der Waals surface area contributed by atoms with Gasteiger partial charge in [-0.3, -0.25) is 9.89 Å². The van der Waals surface area contributed by atoms with E-state index >= 15 is 0 Å². The van der Waals surface area contributed by atoms with Gasteiger partial charge in [-0.15, -0.1) is 24.8 Å². The molecule has 1 aromatic heterocycles. The molecule has 0 atom stereocenters. The molecule has 1 amide bonds. The van der Waals surface area contributed by atoms with Crippen molar-refractivity contribution in [3.05, 3.63) is 41.7 Å². The number of nitrogens with one attached hydrogen (secondary N) is 2. The zero-order valence-corrected chi connectivity index (χ0v) is 16.2. The summed E-state index contributed by atoms with van der Waals surface area (Å²) in [6.45, 7) is 0.505. The Kier molecular flexibility index (Phi) is 8.71. The van der Waals surface area contributed by atoms with Crippen LogP contribution in [-0.4, -0.2) is 33.2 Å². The first-order valence-electron chi connectivity index (χ1n) is 7.80. The largest absolute Gasteiger partial charge is 0.345 e. The van der Waals surface area contributed by atoms with E-state index in [0.717, 1.165) is 42.2 Å². The van der Waals surface area contributed by atoms with E-state index in [-0.39, 0.29) is 36.3 Å². The van der Waals surface area contributed by atoms with Crippen molar-refractivity contribution >= 4 is 42.5 Å². The molecular weight excluding hydrogens is 381 g/mol. The molecule has 0 spiro atoms. The number of amides is 1. The summed E-state index contributed by atoms with van der Waals surface area (Å²) in [7, 11) is 0. The Morgan fingerprint density at radius 1 is 1.24 bits per heavy atom. The molecule has 1 aromatic carbocycles. The van der Waals surface area contributed by atoms with Crippen LogP contribution in [0, 0.1) is 0 Å². The van der Waals surface area contributed by atoms with Gasteiger partial charge in [-0.25, -0.2) is 4.98 Å². The van der Waals surface area contributed by atoms with Gasteiger partial charge >= 0.3 is 0 Å². The van der Waals surface area contributed by atoms with Gasteiger partial charge in [0, 0.05) is 17.9 Å². The van der Waals surface area contributed by atoms with E-state index in [2.05, 4.69) is 20.5 Å². The average molecular weight is 404 g/mol. The maximum Gasteiger partial charge on any atom is 0.251 e. The summed E-state index contributed by atoms with van der Waals surface area (Å²) in [4.78, 5) is 16.5. The lowest BCUT2D eigenvalue weighted by Gasteiger charge is -2.28. The van der Waals surface area contributed by atoms with Crippen molar-refractivity contribution in [3.8, 4) is 0 Å². The third kappa shape index (κ3) is 5.60. The molecule has 0 unspecified atom stereocenters. The Morgan fingerprint density at radius 3 is 2.48 bits per heavy atom. The number of aromatic amines is 1. The van der Waals surface area contributed by atoms with Crippen LogP contribution in [0.2, 0.25) is 0 Å². The SMILES string of the molecule is Cl.Cl.NCC1(NC(=O)c2ccc(CSc3ncn[nH]3)cc2)CCCC1. The van der Waals surface area contributed by atoms with Crippen molar-refractivity contribution in [2.45, 2.75) is 42.1 Å². The smallest absolute Gasteiger partial charge is 0.251 e. The van der Waals surface area contributed by atoms with Crippen LogP contribution in [0.5, 0.6) is 0 Å². The molecule has 0 aliphatic heterocycles. The number of hydrogen-bond donors (Lipinski definition) is 3. The lowest BCUT2D eigenvalue weighted by Crippen LogP contribution is -2.51. The Hall–Kier alpha value is -1.28. The van der Waals surface area contributed by atoms with E-state index in [1.807, 2.05) is 24.3 Å². The molecule has 0 radical (unpaired) electrons. The van der Waals surface area contributed by atoms with Crippen molar-refractivity contribution in [2.24, 2.45) is 5.73 Å². The lowest BCUT2D eigenvalue weighted by molar-refractivity contribution is 0.0903. The van der Waals surface area contributed by atoms with E-state index in [9.17, 15) is 4.79 Å². The van der Waals surface area contributed by atoms with Crippen LogP contribution in [0.4, 0.5) is 0 Å². The standard InChI is InChI=1S/C16H21N5OS.2ClH/c17-10-16(7-1-2-8-16)20-14(22)13-5-3-12(4-6-13)9-23-15-18-11-19-21-15;;/h3-6,11H,1-2,7-10,17H2,(H,20,22)(H,18,19,21);2*1H. The number of rotatable bonds is 6. The fourth-order valence-electron chi connectivity index (χ4n) is 2.91. The minimum Gasteiger partial charge on any atom is -0.345 e. The molecule has 138 valence electrons. The van der Waals surface area contributed by atoms with E-state index in [0.29, 0.717) is 12.1 Å². The fourth-order valence-corrected chi connectivity index (χ4v) is 3.65. The summed E-state index contributed by atoms with van der Waals surface area (Å²) in [5.74, 6) is 0.746.